The van der Waals surface area contributed by atoms with Crippen LogP contribution < -0.4 is 9.64 Å². The van der Waals surface area contributed by atoms with Gasteiger partial charge in [0.05, 0.1) is 12.3 Å². The normalized spacial score (nSPS) is 18.4. The Morgan fingerprint density at radius 3 is 2.58 bits per heavy atom. The first-order valence-electron chi connectivity index (χ1n) is 9.36. The third-order valence-electron chi connectivity index (χ3n) is 5.29. The van der Waals surface area contributed by atoms with E-state index in [0.717, 1.165) is 37.3 Å². The molecule has 2 fully saturated rings. The van der Waals surface area contributed by atoms with Crippen LogP contribution in [0.4, 0.5) is 5.82 Å². The summed E-state index contributed by atoms with van der Waals surface area (Å²) in [6, 6.07) is 4.49. The summed E-state index contributed by atoms with van der Waals surface area (Å²) in [5.74, 6) is 2.24. The summed E-state index contributed by atoms with van der Waals surface area (Å²) in [6.07, 6.45) is 11.9. The third kappa shape index (κ3) is 3.09. The van der Waals surface area contributed by atoms with Crippen molar-refractivity contribution >= 4 is 11.3 Å². The Bertz CT molecular complexity index is 883. The number of hydrogen-bond donors (Lipinski definition) is 0. The highest BCUT2D eigenvalue weighted by Gasteiger charge is 2.28. The van der Waals surface area contributed by atoms with Crippen LogP contribution in [0.3, 0.4) is 0 Å². The zero-order valence-corrected chi connectivity index (χ0v) is 14.7. The van der Waals surface area contributed by atoms with Crippen LogP contribution in [0, 0.1) is 5.92 Å². The van der Waals surface area contributed by atoms with E-state index in [4.69, 9.17) is 9.84 Å². The molecular formula is C19H22N6O. The van der Waals surface area contributed by atoms with Gasteiger partial charge in [-0.3, -0.25) is 0 Å². The molecule has 2 aliphatic rings. The summed E-state index contributed by atoms with van der Waals surface area (Å²) in [6.45, 7) is 2.65. The molecule has 3 aromatic heterocycles. The summed E-state index contributed by atoms with van der Waals surface area (Å²) >= 11 is 0. The molecule has 0 atom stereocenters. The topological polar surface area (TPSA) is 68.4 Å². The fraction of sp³-hybridized carbons (Fsp3) is 0.474. The molecule has 1 saturated carbocycles. The Kier molecular flexibility index (Phi) is 3.92. The predicted octanol–water partition coefficient (Wildman–Crippen LogP) is 2.69. The average molecular weight is 350 g/mol. The molecule has 0 aromatic carbocycles. The molecule has 5 rings (SSSR count). The molecule has 4 heterocycles. The summed E-state index contributed by atoms with van der Waals surface area (Å²) in [5, 5.41) is 4.72. The monoisotopic (exact) mass is 350 g/mol. The van der Waals surface area contributed by atoms with Crippen molar-refractivity contribution in [3.05, 3.63) is 42.6 Å². The van der Waals surface area contributed by atoms with Crippen LogP contribution in [0.5, 0.6) is 6.01 Å². The quantitative estimate of drug-likeness (QED) is 0.705. The number of rotatable bonds is 5. The Labute approximate surface area is 152 Å². The second kappa shape index (κ2) is 6.55. The largest absolute Gasteiger partial charge is 0.463 e. The van der Waals surface area contributed by atoms with Crippen molar-refractivity contribution in [1.29, 1.82) is 0 Å². The van der Waals surface area contributed by atoms with Crippen LogP contribution in [0.1, 0.15) is 37.3 Å². The van der Waals surface area contributed by atoms with Gasteiger partial charge in [0.25, 0.3) is 0 Å². The second-order valence-corrected chi connectivity index (χ2v) is 7.20. The lowest BCUT2D eigenvalue weighted by Crippen LogP contribution is -2.36. The van der Waals surface area contributed by atoms with E-state index < -0.39 is 0 Å². The smallest absolute Gasteiger partial charge is 0.316 e. The summed E-state index contributed by atoms with van der Waals surface area (Å²) < 4.78 is 7.71. The fourth-order valence-corrected chi connectivity index (χ4v) is 3.61. The first-order chi connectivity index (χ1) is 12.9. The molecule has 0 bridgehead atoms. The highest BCUT2D eigenvalue weighted by Crippen LogP contribution is 2.40. The molecule has 0 unspecified atom stereocenters. The lowest BCUT2D eigenvalue weighted by Gasteiger charge is -2.32. The highest BCUT2D eigenvalue weighted by molar-refractivity contribution is 5.69. The number of hydrogen-bond acceptors (Lipinski definition) is 6. The van der Waals surface area contributed by atoms with E-state index in [2.05, 4.69) is 25.9 Å². The van der Waals surface area contributed by atoms with E-state index in [0.29, 0.717) is 24.5 Å². The molecule has 0 N–H and O–H groups in total. The van der Waals surface area contributed by atoms with Gasteiger partial charge in [-0.15, -0.1) is 0 Å². The SMILES string of the molecule is c1cnc(OCC2CCN(c3nccn4nc(C5CC5)cc34)CC2)nc1. The summed E-state index contributed by atoms with van der Waals surface area (Å²) in [5.41, 5.74) is 2.34. The van der Waals surface area contributed by atoms with E-state index in [9.17, 15) is 0 Å². The molecule has 1 saturated heterocycles. The van der Waals surface area contributed by atoms with Crippen LogP contribution in [0.2, 0.25) is 0 Å². The van der Waals surface area contributed by atoms with Gasteiger partial charge in [-0.1, -0.05) is 0 Å². The van der Waals surface area contributed by atoms with Gasteiger partial charge in [0, 0.05) is 43.8 Å². The molecule has 0 spiro atoms. The Hall–Kier alpha value is -2.70. The van der Waals surface area contributed by atoms with Gasteiger partial charge in [-0.2, -0.15) is 5.10 Å². The molecule has 1 aliphatic carbocycles. The fourth-order valence-electron chi connectivity index (χ4n) is 3.61. The van der Waals surface area contributed by atoms with Crippen LogP contribution in [-0.2, 0) is 0 Å². The third-order valence-corrected chi connectivity index (χ3v) is 5.29. The van der Waals surface area contributed by atoms with Crippen molar-refractivity contribution in [1.82, 2.24) is 24.6 Å². The molecule has 1 aliphatic heterocycles. The van der Waals surface area contributed by atoms with Gasteiger partial charge < -0.3 is 9.64 Å². The van der Waals surface area contributed by atoms with Gasteiger partial charge in [0.1, 0.15) is 5.52 Å². The average Bonchev–Trinajstić information content (AvgIpc) is 3.46. The van der Waals surface area contributed by atoms with E-state index in [1.165, 1.54) is 18.5 Å². The number of aromatic nitrogens is 5. The summed E-state index contributed by atoms with van der Waals surface area (Å²) in [4.78, 5) is 15.3. The zero-order valence-electron chi connectivity index (χ0n) is 14.7. The van der Waals surface area contributed by atoms with E-state index in [1.807, 2.05) is 16.9 Å². The lowest BCUT2D eigenvalue weighted by atomic mass is 9.98. The van der Waals surface area contributed by atoms with Crippen molar-refractivity contribution in [2.45, 2.75) is 31.6 Å². The zero-order chi connectivity index (χ0) is 17.3. The molecular weight excluding hydrogens is 328 g/mol. The van der Waals surface area contributed by atoms with E-state index in [-0.39, 0.29) is 0 Å². The lowest BCUT2D eigenvalue weighted by molar-refractivity contribution is 0.208. The maximum absolute atomic E-state index is 5.72. The molecule has 7 nitrogen and oxygen atoms in total. The van der Waals surface area contributed by atoms with Crippen molar-refractivity contribution in [3.63, 3.8) is 0 Å². The van der Waals surface area contributed by atoms with Crippen LogP contribution in [0.15, 0.2) is 36.9 Å². The number of piperidine rings is 1. The first-order valence-corrected chi connectivity index (χ1v) is 9.36. The minimum atomic E-state index is 0.466. The minimum Gasteiger partial charge on any atom is -0.463 e. The van der Waals surface area contributed by atoms with Gasteiger partial charge in [0.15, 0.2) is 5.82 Å². The first kappa shape index (κ1) is 15.5. The van der Waals surface area contributed by atoms with Crippen molar-refractivity contribution in [2.24, 2.45) is 5.92 Å². The molecule has 134 valence electrons. The van der Waals surface area contributed by atoms with E-state index >= 15 is 0 Å². The number of anilines is 1. The Balaban J connectivity index is 1.24. The van der Waals surface area contributed by atoms with Crippen LogP contribution >= 0.6 is 0 Å². The minimum absolute atomic E-state index is 0.466. The molecule has 0 radical (unpaired) electrons. The van der Waals surface area contributed by atoms with Crippen LogP contribution in [0.25, 0.3) is 5.52 Å². The predicted molar refractivity (Wildman–Crippen MR) is 97.4 cm³/mol. The van der Waals surface area contributed by atoms with Crippen molar-refractivity contribution in [3.8, 4) is 6.01 Å². The molecule has 0 amide bonds. The standard InChI is InChI=1S/C19H22N6O/c1-6-21-19(22-7-1)26-13-14-4-9-24(10-5-14)18-17-12-16(15-2-3-15)23-25(17)11-8-20-18/h1,6-8,11-12,14-15H,2-5,9-10,13H2. The van der Waals surface area contributed by atoms with Gasteiger partial charge in [0.2, 0.25) is 0 Å². The number of ether oxygens (including phenoxy) is 1. The Morgan fingerprint density at radius 2 is 1.81 bits per heavy atom. The Morgan fingerprint density at radius 1 is 1.00 bits per heavy atom. The van der Waals surface area contributed by atoms with E-state index in [1.54, 1.807) is 18.5 Å². The maximum atomic E-state index is 5.72. The molecule has 26 heavy (non-hydrogen) atoms. The van der Waals surface area contributed by atoms with Gasteiger partial charge in [-0.25, -0.2) is 19.5 Å². The second-order valence-electron chi connectivity index (χ2n) is 7.20. The van der Waals surface area contributed by atoms with Crippen molar-refractivity contribution in [2.75, 3.05) is 24.6 Å². The number of nitrogens with zero attached hydrogens (tertiary/aromatic N) is 6. The van der Waals surface area contributed by atoms with Crippen molar-refractivity contribution < 1.29 is 4.74 Å². The van der Waals surface area contributed by atoms with Gasteiger partial charge in [-0.05, 0) is 43.7 Å². The van der Waals surface area contributed by atoms with Gasteiger partial charge >= 0.3 is 6.01 Å². The summed E-state index contributed by atoms with van der Waals surface area (Å²) in [7, 11) is 0. The molecule has 7 heteroatoms. The maximum Gasteiger partial charge on any atom is 0.316 e. The molecule has 3 aromatic rings. The van der Waals surface area contributed by atoms with Crippen LogP contribution in [-0.4, -0.2) is 44.3 Å². The number of fused-ring (bicyclic) bond motifs is 1. The highest BCUT2D eigenvalue weighted by atomic mass is 16.5.